The highest BCUT2D eigenvalue weighted by molar-refractivity contribution is 7.91. The third-order valence-electron chi connectivity index (χ3n) is 10.5. The molecule has 0 radical (unpaired) electrons. The SMILES string of the molecule is CCc1nc(N2CCC3(CCN(Cc4ccc5c(cc(C#N)n5CCN5CCS(=O)(=O)CC5)c4C)C3)C2)c2cc(CC(F)(F)F)sc2n1. The van der Waals surface area contributed by atoms with E-state index < -0.39 is 22.4 Å². The molecule has 9 nitrogen and oxygen atoms in total. The lowest BCUT2D eigenvalue weighted by Crippen LogP contribution is -2.41. The molecule has 1 atom stereocenters. The topological polar surface area (TPSA) is 98.4 Å². The van der Waals surface area contributed by atoms with Gasteiger partial charge >= 0.3 is 6.18 Å². The third kappa shape index (κ3) is 6.66. The van der Waals surface area contributed by atoms with Crippen molar-refractivity contribution in [1.29, 1.82) is 5.26 Å². The summed E-state index contributed by atoms with van der Waals surface area (Å²) in [4.78, 5) is 17.2. The summed E-state index contributed by atoms with van der Waals surface area (Å²) in [6.07, 6.45) is -2.54. The lowest BCUT2D eigenvalue weighted by Gasteiger charge is -2.27. The summed E-state index contributed by atoms with van der Waals surface area (Å²) in [5.74, 6) is 1.80. The van der Waals surface area contributed by atoms with E-state index >= 15 is 0 Å². The molecule has 1 spiro atoms. The van der Waals surface area contributed by atoms with E-state index in [0.717, 1.165) is 79.0 Å². The number of benzene rings is 1. The van der Waals surface area contributed by atoms with Crippen LogP contribution in [0.5, 0.6) is 0 Å². The predicted octanol–water partition coefficient (Wildman–Crippen LogP) is 5.33. The average Bonchev–Trinajstić information content (AvgIpc) is 3.82. The minimum Gasteiger partial charge on any atom is -0.355 e. The number of hydrogen-bond acceptors (Lipinski definition) is 9. The van der Waals surface area contributed by atoms with Crippen LogP contribution in [0.1, 0.15) is 47.3 Å². The summed E-state index contributed by atoms with van der Waals surface area (Å²) < 4.78 is 65.3. The second kappa shape index (κ2) is 12.6. The zero-order chi connectivity index (χ0) is 33.8. The molecule has 1 unspecified atom stereocenters. The molecule has 256 valence electrons. The first-order valence-electron chi connectivity index (χ1n) is 16.6. The molecule has 6 heterocycles. The van der Waals surface area contributed by atoms with Crippen molar-refractivity contribution in [2.75, 3.05) is 62.2 Å². The molecule has 1 aromatic carbocycles. The van der Waals surface area contributed by atoms with Gasteiger partial charge in [-0.25, -0.2) is 18.4 Å². The number of aryl methyl sites for hydroxylation is 2. The summed E-state index contributed by atoms with van der Waals surface area (Å²) in [5, 5.41) is 11.7. The number of likely N-dealkylation sites (tertiary alicyclic amines) is 1. The number of alkyl halides is 3. The van der Waals surface area contributed by atoms with Gasteiger partial charge in [-0.3, -0.25) is 9.80 Å². The van der Waals surface area contributed by atoms with Gasteiger partial charge in [0.25, 0.3) is 0 Å². The Hall–Kier alpha value is -3.25. The fourth-order valence-electron chi connectivity index (χ4n) is 7.78. The van der Waals surface area contributed by atoms with Gasteiger partial charge in [0.2, 0.25) is 0 Å². The molecule has 48 heavy (non-hydrogen) atoms. The second-order valence-corrected chi connectivity index (χ2v) is 17.2. The smallest absolute Gasteiger partial charge is 0.355 e. The Labute approximate surface area is 282 Å². The summed E-state index contributed by atoms with van der Waals surface area (Å²) in [5.41, 5.74) is 4.14. The van der Waals surface area contributed by atoms with Crippen LogP contribution >= 0.6 is 11.3 Å². The second-order valence-electron chi connectivity index (χ2n) is 13.7. The van der Waals surface area contributed by atoms with Crippen molar-refractivity contribution >= 4 is 48.1 Å². The van der Waals surface area contributed by atoms with Crippen LogP contribution in [0.15, 0.2) is 24.3 Å². The van der Waals surface area contributed by atoms with Gasteiger partial charge in [-0.2, -0.15) is 18.4 Å². The Kier molecular flexibility index (Phi) is 8.71. The largest absolute Gasteiger partial charge is 0.393 e. The Morgan fingerprint density at radius 2 is 1.77 bits per heavy atom. The first-order chi connectivity index (χ1) is 22.8. The van der Waals surface area contributed by atoms with Gasteiger partial charge in [0.15, 0.2) is 9.84 Å². The number of rotatable bonds is 8. The monoisotopic (exact) mass is 699 g/mol. The first-order valence-corrected chi connectivity index (χ1v) is 19.3. The highest BCUT2D eigenvalue weighted by Crippen LogP contribution is 2.44. The maximum atomic E-state index is 13.2. The summed E-state index contributed by atoms with van der Waals surface area (Å²) in [6, 6.07) is 10.3. The van der Waals surface area contributed by atoms with E-state index in [4.69, 9.17) is 4.98 Å². The molecule has 0 aliphatic carbocycles. The van der Waals surface area contributed by atoms with Crippen molar-refractivity contribution in [3.05, 3.63) is 51.8 Å². The molecule has 3 aromatic heterocycles. The maximum Gasteiger partial charge on any atom is 0.393 e. The van der Waals surface area contributed by atoms with Gasteiger partial charge < -0.3 is 9.47 Å². The van der Waals surface area contributed by atoms with Crippen molar-refractivity contribution < 1.29 is 21.6 Å². The highest BCUT2D eigenvalue weighted by Gasteiger charge is 2.44. The van der Waals surface area contributed by atoms with E-state index in [-0.39, 0.29) is 21.8 Å². The highest BCUT2D eigenvalue weighted by atomic mass is 32.2. The number of fused-ring (bicyclic) bond motifs is 2. The number of anilines is 1. The number of thiophene rings is 1. The molecule has 7 rings (SSSR count). The zero-order valence-electron chi connectivity index (χ0n) is 27.3. The van der Waals surface area contributed by atoms with E-state index in [2.05, 4.69) is 49.4 Å². The molecule has 3 aliphatic rings. The summed E-state index contributed by atoms with van der Waals surface area (Å²) in [7, 11) is -2.94. The molecule has 0 amide bonds. The summed E-state index contributed by atoms with van der Waals surface area (Å²) in [6.45, 7) is 10.8. The van der Waals surface area contributed by atoms with Gasteiger partial charge in [0, 0.05) is 80.0 Å². The Bertz CT molecular complexity index is 2000. The standard InChI is InChI=1S/C34H40F3N7O2S2/c1-3-30-39-31(28-17-26(18-34(35,36)37)47-32(28)40-30)43-9-7-33(22-43)6-8-42(21-33)20-24-4-5-29-27(23(24)2)16-25(19-38)44(29)11-10-41-12-14-48(45,46)15-13-41/h4-5,16-17H,3,6-15,18,20-22H2,1-2H3. The van der Waals surface area contributed by atoms with Gasteiger partial charge in [0.1, 0.15) is 28.2 Å². The van der Waals surface area contributed by atoms with Crippen molar-refractivity contribution in [3.63, 3.8) is 0 Å². The number of nitrogens with zero attached hydrogens (tertiary/aromatic N) is 7. The average molecular weight is 700 g/mol. The molecular formula is C34H40F3N7O2S2. The van der Waals surface area contributed by atoms with E-state index in [1.54, 1.807) is 6.07 Å². The maximum absolute atomic E-state index is 13.2. The van der Waals surface area contributed by atoms with Crippen LogP contribution in [0.4, 0.5) is 19.0 Å². The fraction of sp³-hybridized carbons (Fsp3) is 0.559. The molecule has 4 aromatic rings. The van der Waals surface area contributed by atoms with Crippen molar-refractivity contribution in [2.45, 2.75) is 58.8 Å². The van der Waals surface area contributed by atoms with Crippen LogP contribution in [0, 0.1) is 23.7 Å². The minimum absolute atomic E-state index is 0.0948. The summed E-state index contributed by atoms with van der Waals surface area (Å²) >= 11 is 1.12. The number of halogens is 3. The fourth-order valence-corrected chi connectivity index (χ4v) is 10.1. The van der Waals surface area contributed by atoms with Gasteiger partial charge in [-0.1, -0.05) is 13.0 Å². The molecular weight excluding hydrogens is 660 g/mol. The Morgan fingerprint density at radius 3 is 2.50 bits per heavy atom. The first kappa shape index (κ1) is 33.3. The van der Waals surface area contributed by atoms with Gasteiger partial charge in [0.05, 0.1) is 23.3 Å². The third-order valence-corrected chi connectivity index (χ3v) is 13.1. The minimum atomic E-state index is -4.26. The van der Waals surface area contributed by atoms with Crippen LogP contribution in [0.2, 0.25) is 0 Å². The molecule has 0 N–H and O–H groups in total. The number of nitriles is 1. The molecule has 3 fully saturated rings. The van der Waals surface area contributed by atoms with Crippen molar-refractivity contribution in [3.8, 4) is 6.07 Å². The number of aromatic nitrogens is 3. The quantitative estimate of drug-likeness (QED) is 0.244. The number of hydrogen-bond donors (Lipinski definition) is 0. The molecule has 0 bridgehead atoms. The molecule has 0 saturated carbocycles. The van der Waals surface area contributed by atoms with Crippen molar-refractivity contribution in [2.24, 2.45) is 5.41 Å². The van der Waals surface area contributed by atoms with Gasteiger partial charge in [-0.05, 0) is 55.6 Å². The Morgan fingerprint density at radius 1 is 1.00 bits per heavy atom. The van der Waals surface area contributed by atoms with Crippen molar-refractivity contribution in [1.82, 2.24) is 24.3 Å². The van der Waals surface area contributed by atoms with Crippen LogP contribution in [0.25, 0.3) is 21.1 Å². The molecule has 14 heteroatoms. The molecule has 3 aliphatic heterocycles. The Balaban J connectivity index is 1.05. The van der Waals surface area contributed by atoms with Crippen LogP contribution in [-0.2, 0) is 35.8 Å². The van der Waals surface area contributed by atoms with Crippen LogP contribution in [-0.4, -0.2) is 96.2 Å². The van der Waals surface area contributed by atoms with E-state index in [1.807, 2.05) is 13.0 Å². The zero-order valence-corrected chi connectivity index (χ0v) is 28.9. The van der Waals surface area contributed by atoms with Gasteiger partial charge in [-0.15, -0.1) is 11.3 Å². The van der Waals surface area contributed by atoms with Crippen LogP contribution in [0.3, 0.4) is 0 Å². The van der Waals surface area contributed by atoms with E-state index in [0.29, 0.717) is 48.9 Å². The lowest BCUT2D eigenvalue weighted by atomic mass is 9.86. The van der Waals surface area contributed by atoms with Crippen LogP contribution < -0.4 is 4.90 Å². The predicted molar refractivity (Wildman–Crippen MR) is 182 cm³/mol. The number of sulfone groups is 1. The molecule has 3 saturated heterocycles. The normalized spacial score (nSPS) is 22.0. The lowest BCUT2D eigenvalue weighted by molar-refractivity contribution is -0.126. The van der Waals surface area contributed by atoms with E-state index in [1.165, 1.54) is 11.1 Å². The van der Waals surface area contributed by atoms with E-state index in [9.17, 15) is 26.9 Å².